The molecule has 0 spiro atoms. The molecule has 3 rings (SSSR count). The van der Waals surface area contributed by atoms with E-state index >= 15 is 0 Å². The average Bonchev–Trinajstić information content (AvgIpc) is 2.91. The Bertz CT molecular complexity index is 802. The van der Waals surface area contributed by atoms with Crippen LogP contribution in [0.4, 0.5) is 0 Å². The van der Waals surface area contributed by atoms with Crippen LogP contribution in [0.5, 0.6) is 5.75 Å². The molecule has 1 aromatic carbocycles. The molecule has 29 heavy (non-hydrogen) atoms. The Labute approximate surface area is 187 Å². The fourth-order valence-corrected chi connectivity index (χ4v) is 5.02. The van der Waals surface area contributed by atoms with Gasteiger partial charge in [0.15, 0.2) is 6.61 Å². The number of benzene rings is 1. The van der Waals surface area contributed by atoms with Gasteiger partial charge in [0.05, 0.1) is 0 Å². The summed E-state index contributed by atoms with van der Waals surface area (Å²) in [6.45, 7) is 3.00. The molecular weight excluding hydrogens is 463 g/mol. The summed E-state index contributed by atoms with van der Waals surface area (Å²) in [5.41, 5.74) is 0. The van der Waals surface area contributed by atoms with E-state index in [1.807, 2.05) is 19.9 Å². The van der Waals surface area contributed by atoms with Crippen LogP contribution >= 0.6 is 46.6 Å². The van der Waals surface area contributed by atoms with Crippen LogP contribution in [0.2, 0.25) is 0 Å². The first-order chi connectivity index (χ1) is 13.5. The molecule has 2 aliphatic heterocycles. The van der Waals surface area contributed by atoms with Gasteiger partial charge in [-0.05, 0) is 26.0 Å². The van der Waals surface area contributed by atoms with E-state index in [1.54, 1.807) is 24.3 Å². The molecule has 3 atom stereocenters. The normalized spacial score (nSPS) is 25.1. The molecule has 0 saturated carbocycles. The minimum atomic E-state index is -1.74. The third-order valence-electron chi connectivity index (χ3n) is 4.47. The fraction of sp³-hybridized carbons (Fsp3) is 0.500. The molecule has 0 aliphatic carbocycles. The summed E-state index contributed by atoms with van der Waals surface area (Å²) in [7, 11) is 0. The molecule has 2 aliphatic rings. The Kier molecular flexibility index (Phi) is 6.48. The van der Waals surface area contributed by atoms with E-state index in [2.05, 4.69) is 5.32 Å². The lowest BCUT2D eigenvalue weighted by Gasteiger charge is -2.43. The molecule has 7 nitrogen and oxygen atoms in total. The maximum atomic E-state index is 12.6. The van der Waals surface area contributed by atoms with Crippen molar-refractivity contribution in [2.24, 2.45) is 0 Å². The predicted octanol–water partition coefficient (Wildman–Crippen LogP) is 2.53. The number of amides is 2. The SMILES string of the molecule is CC1(C)S[C@@H]2C(NC(=O)COc3ccccc3)C(=O)N2[C@H]1C(=O)OCC(Cl)(Cl)Cl. The number of fused-ring (bicyclic) bond motifs is 1. The topological polar surface area (TPSA) is 84.9 Å². The fourth-order valence-electron chi connectivity index (χ4n) is 3.24. The number of carbonyl (C=O) groups excluding carboxylic acids is 3. The Morgan fingerprint density at radius 3 is 2.52 bits per heavy atom. The summed E-state index contributed by atoms with van der Waals surface area (Å²) >= 11 is 18.3. The second-order valence-electron chi connectivity index (χ2n) is 7.13. The van der Waals surface area contributed by atoms with Crippen molar-refractivity contribution in [3.63, 3.8) is 0 Å². The smallest absolute Gasteiger partial charge is 0.330 e. The highest BCUT2D eigenvalue weighted by Gasteiger charge is 2.64. The summed E-state index contributed by atoms with van der Waals surface area (Å²) in [6, 6.07) is 7.30. The average molecular weight is 482 g/mol. The van der Waals surface area contributed by atoms with E-state index in [0.29, 0.717) is 5.75 Å². The number of alkyl halides is 3. The van der Waals surface area contributed by atoms with E-state index in [1.165, 1.54) is 16.7 Å². The first-order valence-electron chi connectivity index (χ1n) is 8.70. The van der Waals surface area contributed by atoms with Crippen molar-refractivity contribution in [1.82, 2.24) is 10.2 Å². The maximum Gasteiger partial charge on any atom is 0.330 e. The first kappa shape index (κ1) is 22.3. The van der Waals surface area contributed by atoms with Crippen molar-refractivity contribution < 1.29 is 23.9 Å². The molecule has 2 saturated heterocycles. The highest BCUT2D eigenvalue weighted by Crippen LogP contribution is 2.51. The van der Waals surface area contributed by atoms with Gasteiger partial charge < -0.3 is 19.7 Å². The Morgan fingerprint density at radius 1 is 1.24 bits per heavy atom. The number of hydrogen-bond donors (Lipinski definition) is 1. The van der Waals surface area contributed by atoms with Crippen molar-refractivity contribution in [3.8, 4) is 5.75 Å². The number of para-hydroxylation sites is 1. The zero-order valence-electron chi connectivity index (χ0n) is 15.6. The van der Waals surface area contributed by atoms with Crippen molar-refractivity contribution in [2.45, 2.75) is 39.8 Å². The van der Waals surface area contributed by atoms with Gasteiger partial charge >= 0.3 is 5.97 Å². The third-order valence-corrected chi connectivity index (χ3v) is 6.37. The number of β-lactam (4-membered cyclic amide) rings is 1. The van der Waals surface area contributed by atoms with Gasteiger partial charge in [-0.1, -0.05) is 53.0 Å². The van der Waals surface area contributed by atoms with Crippen LogP contribution in [0.3, 0.4) is 0 Å². The Morgan fingerprint density at radius 2 is 1.90 bits per heavy atom. The van der Waals surface area contributed by atoms with Crippen LogP contribution in [0.15, 0.2) is 30.3 Å². The van der Waals surface area contributed by atoms with Gasteiger partial charge in [0.1, 0.15) is 29.8 Å². The van der Waals surface area contributed by atoms with E-state index in [-0.39, 0.29) is 17.9 Å². The zero-order valence-corrected chi connectivity index (χ0v) is 18.6. The Hall–Kier alpha value is -1.35. The lowest BCUT2D eigenvalue weighted by atomic mass is 9.96. The molecule has 0 bridgehead atoms. The number of esters is 1. The van der Waals surface area contributed by atoms with Crippen molar-refractivity contribution in [2.75, 3.05) is 13.2 Å². The zero-order chi connectivity index (χ0) is 21.4. The van der Waals surface area contributed by atoms with Crippen molar-refractivity contribution in [1.29, 1.82) is 0 Å². The standard InChI is InChI=1S/C18H19Cl3N2O5S/c1-17(2)13(16(26)28-9-18(19,20)21)23-14(25)12(15(23)29-17)22-11(24)8-27-10-6-4-3-5-7-10/h3-7,12-13,15H,8-9H2,1-2H3,(H,22,24)/t12?,13-,15+/m0/s1. The minimum Gasteiger partial charge on any atom is -0.484 e. The number of nitrogens with zero attached hydrogens (tertiary/aromatic N) is 1. The van der Waals surface area contributed by atoms with Crippen LogP contribution in [0, 0.1) is 0 Å². The molecule has 11 heteroatoms. The molecule has 2 heterocycles. The molecular formula is C18H19Cl3N2O5S. The van der Waals surface area contributed by atoms with Crippen LogP contribution in [0.1, 0.15) is 13.8 Å². The number of hydrogen-bond acceptors (Lipinski definition) is 6. The number of thioether (sulfide) groups is 1. The lowest BCUT2D eigenvalue weighted by Crippen LogP contribution is -2.71. The summed E-state index contributed by atoms with van der Waals surface area (Å²) in [5, 5.41) is 2.28. The molecule has 0 aromatic heterocycles. The van der Waals surface area contributed by atoms with Gasteiger partial charge in [0, 0.05) is 4.75 Å². The Balaban J connectivity index is 1.58. The second-order valence-corrected chi connectivity index (χ2v) is 11.4. The second kappa shape index (κ2) is 8.41. The van der Waals surface area contributed by atoms with Gasteiger partial charge in [-0.15, -0.1) is 11.8 Å². The van der Waals surface area contributed by atoms with Crippen LogP contribution < -0.4 is 10.1 Å². The van der Waals surface area contributed by atoms with Crippen LogP contribution in [-0.4, -0.2) is 61.9 Å². The van der Waals surface area contributed by atoms with E-state index in [4.69, 9.17) is 44.3 Å². The largest absolute Gasteiger partial charge is 0.484 e. The predicted molar refractivity (Wildman–Crippen MR) is 111 cm³/mol. The van der Waals surface area contributed by atoms with Crippen molar-refractivity contribution >= 4 is 64.3 Å². The summed E-state index contributed by atoms with van der Waals surface area (Å²) in [5.74, 6) is -0.885. The molecule has 2 fully saturated rings. The molecule has 0 radical (unpaired) electrons. The number of halogens is 3. The summed E-state index contributed by atoms with van der Waals surface area (Å²) in [6.07, 6.45) is 0. The van der Waals surface area contributed by atoms with Gasteiger partial charge in [0.25, 0.3) is 5.91 Å². The number of ether oxygens (including phenoxy) is 2. The molecule has 158 valence electrons. The molecule has 1 unspecified atom stereocenters. The highest BCUT2D eigenvalue weighted by molar-refractivity contribution is 8.01. The lowest BCUT2D eigenvalue weighted by molar-refractivity contribution is -0.164. The first-order valence-corrected chi connectivity index (χ1v) is 10.7. The van der Waals surface area contributed by atoms with Crippen LogP contribution in [0.25, 0.3) is 0 Å². The van der Waals surface area contributed by atoms with Gasteiger partial charge in [-0.2, -0.15) is 0 Å². The summed E-state index contributed by atoms with van der Waals surface area (Å²) < 4.78 is 8.10. The van der Waals surface area contributed by atoms with Crippen molar-refractivity contribution in [3.05, 3.63) is 30.3 Å². The third kappa shape index (κ3) is 5.05. The number of carbonyl (C=O) groups is 3. The quantitative estimate of drug-likeness (QED) is 0.382. The van der Waals surface area contributed by atoms with E-state index in [0.717, 1.165) is 0 Å². The number of rotatable bonds is 6. The molecule has 2 amide bonds. The maximum absolute atomic E-state index is 12.6. The monoisotopic (exact) mass is 480 g/mol. The molecule has 1 aromatic rings. The van der Waals surface area contributed by atoms with Crippen LogP contribution in [-0.2, 0) is 19.1 Å². The molecule has 1 N–H and O–H groups in total. The van der Waals surface area contributed by atoms with Gasteiger partial charge in [-0.25, -0.2) is 4.79 Å². The minimum absolute atomic E-state index is 0.219. The number of nitrogens with one attached hydrogen (secondary N) is 1. The van der Waals surface area contributed by atoms with Gasteiger partial charge in [0.2, 0.25) is 9.70 Å². The van der Waals surface area contributed by atoms with Gasteiger partial charge in [-0.3, -0.25) is 9.59 Å². The van der Waals surface area contributed by atoms with E-state index < -0.39 is 39.1 Å². The summed E-state index contributed by atoms with van der Waals surface area (Å²) in [4.78, 5) is 38.7. The highest BCUT2D eigenvalue weighted by atomic mass is 35.6. The van der Waals surface area contributed by atoms with E-state index in [9.17, 15) is 14.4 Å².